The molecule has 2 aromatic heterocycles. The second kappa shape index (κ2) is 6.89. The fourth-order valence-corrected chi connectivity index (χ4v) is 4.81. The number of aromatic amines is 1. The van der Waals surface area contributed by atoms with Crippen molar-refractivity contribution in [3.05, 3.63) is 29.3 Å². The second-order valence-corrected chi connectivity index (χ2v) is 8.79. The predicted octanol–water partition coefficient (Wildman–Crippen LogP) is 2.80. The Labute approximate surface area is 167 Å². The van der Waals surface area contributed by atoms with Crippen molar-refractivity contribution in [2.24, 2.45) is 5.92 Å². The zero-order valence-electron chi connectivity index (χ0n) is 16.4. The van der Waals surface area contributed by atoms with Gasteiger partial charge in [-0.05, 0) is 51.4 Å². The number of aromatic nitrogens is 3. The largest absolute Gasteiger partial charge is 0.446 e. The zero-order chi connectivity index (χ0) is 20.0. The lowest BCUT2D eigenvalue weighted by atomic mass is 9.50. The van der Waals surface area contributed by atoms with Crippen molar-refractivity contribution in [2.45, 2.75) is 69.4 Å². The standard InChI is InChI=1S/C20H25N5O4/c1-11-4-15(29-25-11)6-18(26)21-17-7-16(23-24-17)13-2-3-14(5-13)28-19(27)22-20-8-12(9-20)10-20/h4,7,12-14H,2-3,5-6,8-10H2,1H3,(H,22,27)(H2,21,23,24,26)/t12?,13-,14+,20?/m0/s1. The quantitative estimate of drug-likeness (QED) is 0.687. The Kier molecular flexibility index (Phi) is 4.33. The summed E-state index contributed by atoms with van der Waals surface area (Å²) in [5, 5.41) is 16.8. The van der Waals surface area contributed by atoms with Crippen molar-refractivity contribution >= 4 is 17.8 Å². The number of anilines is 1. The van der Waals surface area contributed by atoms with Crippen molar-refractivity contribution < 1.29 is 18.8 Å². The van der Waals surface area contributed by atoms with Crippen molar-refractivity contribution in [1.29, 1.82) is 0 Å². The first kappa shape index (κ1) is 18.2. The zero-order valence-corrected chi connectivity index (χ0v) is 16.4. The molecule has 0 aromatic carbocycles. The number of nitrogens with zero attached hydrogens (tertiary/aromatic N) is 2. The molecule has 2 heterocycles. The molecule has 4 saturated carbocycles. The Bertz CT molecular complexity index is 918. The van der Waals surface area contributed by atoms with Crippen molar-refractivity contribution in [2.75, 3.05) is 5.32 Å². The molecule has 2 aromatic rings. The predicted molar refractivity (Wildman–Crippen MR) is 102 cm³/mol. The number of carbonyl (C=O) groups excluding carboxylic acids is 2. The average molecular weight is 399 g/mol. The first-order valence-corrected chi connectivity index (χ1v) is 10.2. The van der Waals surface area contributed by atoms with E-state index in [1.54, 1.807) is 6.07 Å². The summed E-state index contributed by atoms with van der Waals surface area (Å²) in [6.07, 6.45) is 5.57. The summed E-state index contributed by atoms with van der Waals surface area (Å²) in [6.45, 7) is 1.81. The van der Waals surface area contributed by atoms with Gasteiger partial charge in [0, 0.05) is 29.3 Å². The Morgan fingerprint density at radius 1 is 1.31 bits per heavy atom. The minimum absolute atomic E-state index is 0.0423. The van der Waals surface area contributed by atoms with Gasteiger partial charge in [-0.25, -0.2) is 4.79 Å². The molecular formula is C20H25N5O4. The van der Waals surface area contributed by atoms with Gasteiger partial charge in [0.25, 0.3) is 0 Å². The number of carbonyl (C=O) groups is 2. The van der Waals surface area contributed by atoms with Crippen molar-refractivity contribution in [3.8, 4) is 0 Å². The number of alkyl carbamates (subject to hydrolysis) is 1. The van der Waals surface area contributed by atoms with Crippen LogP contribution >= 0.6 is 0 Å². The molecule has 0 saturated heterocycles. The maximum absolute atomic E-state index is 12.1. The van der Waals surface area contributed by atoms with Crippen LogP contribution in [0, 0.1) is 12.8 Å². The summed E-state index contributed by atoms with van der Waals surface area (Å²) < 4.78 is 10.7. The minimum atomic E-state index is -0.283. The highest BCUT2D eigenvalue weighted by atomic mass is 16.6. The van der Waals surface area contributed by atoms with Crippen LogP contribution in [0.5, 0.6) is 0 Å². The molecule has 2 amide bonds. The van der Waals surface area contributed by atoms with E-state index in [0.29, 0.717) is 11.6 Å². The summed E-state index contributed by atoms with van der Waals surface area (Å²) in [7, 11) is 0. The van der Waals surface area contributed by atoms with E-state index in [1.807, 2.05) is 13.0 Å². The maximum atomic E-state index is 12.1. The summed E-state index contributed by atoms with van der Waals surface area (Å²) in [4.78, 5) is 24.3. The van der Waals surface area contributed by atoms with E-state index in [-0.39, 0.29) is 36.0 Å². The third-order valence-corrected chi connectivity index (χ3v) is 6.38. The second-order valence-electron chi connectivity index (χ2n) is 8.79. The van der Waals surface area contributed by atoms with E-state index in [1.165, 1.54) is 0 Å². The molecule has 4 aliphatic carbocycles. The Balaban J connectivity index is 1.10. The van der Waals surface area contributed by atoms with Crippen LogP contribution in [0.1, 0.15) is 61.6 Å². The van der Waals surface area contributed by atoms with E-state index in [4.69, 9.17) is 9.26 Å². The highest BCUT2D eigenvalue weighted by molar-refractivity contribution is 5.91. The summed E-state index contributed by atoms with van der Waals surface area (Å²) in [5.74, 6) is 1.84. The number of amides is 2. The molecule has 154 valence electrons. The van der Waals surface area contributed by atoms with Crippen LogP contribution in [0.3, 0.4) is 0 Å². The normalized spacial score (nSPS) is 29.6. The molecule has 4 fully saturated rings. The van der Waals surface area contributed by atoms with E-state index >= 15 is 0 Å². The van der Waals surface area contributed by atoms with Crippen LogP contribution in [-0.2, 0) is 16.0 Å². The van der Waals surface area contributed by atoms with Gasteiger partial charge in [0.2, 0.25) is 5.91 Å². The van der Waals surface area contributed by atoms with Gasteiger partial charge in [-0.3, -0.25) is 9.89 Å². The van der Waals surface area contributed by atoms with Gasteiger partial charge >= 0.3 is 6.09 Å². The van der Waals surface area contributed by atoms with E-state index in [0.717, 1.165) is 55.8 Å². The van der Waals surface area contributed by atoms with Gasteiger partial charge in [-0.1, -0.05) is 5.16 Å². The number of nitrogens with one attached hydrogen (secondary N) is 3. The molecule has 9 nitrogen and oxygen atoms in total. The number of H-pyrrole nitrogens is 1. The fraction of sp³-hybridized carbons (Fsp3) is 0.600. The molecule has 2 bridgehead atoms. The van der Waals surface area contributed by atoms with Crippen LogP contribution in [0.15, 0.2) is 16.7 Å². The molecule has 4 aliphatic rings. The smallest absolute Gasteiger partial charge is 0.407 e. The third kappa shape index (κ3) is 3.73. The first-order chi connectivity index (χ1) is 14.0. The lowest BCUT2D eigenvalue weighted by Gasteiger charge is -2.61. The Morgan fingerprint density at radius 2 is 2.14 bits per heavy atom. The molecule has 2 atom stereocenters. The first-order valence-electron chi connectivity index (χ1n) is 10.2. The number of rotatable bonds is 6. The maximum Gasteiger partial charge on any atom is 0.407 e. The Morgan fingerprint density at radius 3 is 2.83 bits per heavy atom. The Hall–Kier alpha value is -2.84. The lowest BCUT2D eigenvalue weighted by molar-refractivity contribution is -0.115. The molecular weight excluding hydrogens is 374 g/mol. The molecule has 0 radical (unpaired) electrons. The number of hydrogen-bond acceptors (Lipinski definition) is 6. The third-order valence-electron chi connectivity index (χ3n) is 6.38. The molecule has 3 N–H and O–H groups in total. The van der Waals surface area contributed by atoms with Gasteiger partial charge < -0.3 is 19.9 Å². The highest BCUT2D eigenvalue weighted by Gasteiger charge is 2.57. The van der Waals surface area contributed by atoms with Crippen LogP contribution in [-0.4, -0.2) is 39.0 Å². The van der Waals surface area contributed by atoms with Gasteiger partial charge in [-0.15, -0.1) is 0 Å². The van der Waals surface area contributed by atoms with Crippen molar-refractivity contribution in [3.63, 3.8) is 0 Å². The van der Waals surface area contributed by atoms with Gasteiger partial charge in [0.15, 0.2) is 5.82 Å². The average Bonchev–Trinajstić information content (AvgIpc) is 3.32. The van der Waals surface area contributed by atoms with Crippen molar-refractivity contribution in [1.82, 2.24) is 20.7 Å². The molecule has 9 heteroatoms. The van der Waals surface area contributed by atoms with Crippen LogP contribution in [0.4, 0.5) is 10.6 Å². The van der Waals surface area contributed by atoms with Gasteiger partial charge in [-0.2, -0.15) is 5.10 Å². The van der Waals surface area contributed by atoms with Gasteiger partial charge in [0.1, 0.15) is 11.9 Å². The number of aryl methyl sites for hydroxylation is 1. The fourth-order valence-electron chi connectivity index (χ4n) is 4.81. The highest BCUT2D eigenvalue weighted by Crippen LogP contribution is 2.57. The molecule has 6 rings (SSSR count). The minimum Gasteiger partial charge on any atom is -0.446 e. The van der Waals surface area contributed by atoms with E-state index in [2.05, 4.69) is 26.0 Å². The molecule has 0 spiro atoms. The van der Waals surface area contributed by atoms with E-state index < -0.39 is 0 Å². The van der Waals surface area contributed by atoms with Crippen LogP contribution in [0.2, 0.25) is 0 Å². The SMILES string of the molecule is Cc1cc(CC(=O)Nc2cc([C@H]3CC[C@@H](OC(=O)NC45CC(C4)C5)C3)[nH]n2)on1. The molecule has 0 aliphatic heterocycles. The van der Waals surface area contributed by atoms with Crippen LogP contribution < -0.4 is 10.6 Å². The monoisotopic (exact) mass is 399 g/mol. The molecule has 29 heavy (non-hydrogen) atoms. The molecule has 0 unspecified atom stereocenters. The summed E-state index contributed by atoms with van der Waals surface area (Å²) >= 11 is 0. The summed E-state index contributed by atoms with van der Waals surface area (Å²) in [5.41, 5.74) is 1.73. The lowest BCUT2D eigenvalue weighted by Crippen LogP contribution is -2.68. The van der Waals surface area contributed by atoms with Crippen LogP contribution in [0.25, 0.3) is 0 Å². The number of hydrogen-bond donors (Lipinski definition) is 3. The number of ether oxygens (including phenoxy) is 1. The van der Waals surface area contributed by atoms with E-state index in [9.17, 15) is 9.59 Å². The van der Waals surface area contributed by atoms with Gasteiger partial charge in [0.05, 0.1) is 12.1 Å². The summed E-state index contributed by atoms with van der Waals surface area (Å²) in [6, 6.07) is 3.58. The topological polar surface area (TPSA) is 122 Å².